The van der Waals surface area contributed by atoms with E-state index < -0.39 is 0 Å². The number of amides is 1. The first kappa shape index (κ1) is 16.1. The molecule has 19 heavy (non-hydrogen) atoms. The van der Waals surface area contributed by atoms with Crippen LogP contribution in [0, 0.1) is 0 Å². The lowest BCUT2D eigenvalue weighted by atomic mass is 10.3. The smallest absolute Gasteiger partial charge is 0.225 e. The average Bonchev–Trinajstić information content (AvgIpc) is 2.78. The summed E-state index contributed by atoms with van der Waals surface area (Å²) < 4.78 is 0. The molecular formula is C13H23N3O2S. The van der Waals surface area contributed by atoms with Gasteiger partial charge in [-0.25, -0.2) is 4.98 Å². The molecule has 1 N–H and O–H groups in total. The lowest BCUT2D eigenvalue weighted by molar-refractivity contribution is -0.116. The molecule has 0 aliphatic rings. The average molecular weight is 285 g/mol. The number of hydrogen-bond donors (Lipinski definition) is 1. The number of thiazole rings is 1. The van der Waals surface area contributed by atoms with Crippen LogP contribution in [0.2, 0.25) is 0 Å². The van der Waals surface area contributed by atoms with E-state index in [1.807, 2.05) is 12.3 Å². The number of rotatable bonds is 8. The molecule has 0 unspecified atom stereocenters. The molecule has 0 radical (unpaired) electrons. The number of aromatic nitrogens is 1. The van der Waals surface area contributed by atoms with Crippen molar-refractivity contribution in [2.24, 2.45) is 0 Å². The van der Waals surface area contributed by atoms with Crippen molar-refractivity contribution in [3.8, 4) is 0 Å². The van der Waals surface area contributed by atoms with Crippen LogP contribution in [0.4, 0.5) is 5.13 Å². The summed E-state index contributed by atoms with van der Waals surface area (Å²) in [6, 6.07) is 0. The van der Waals surface area contributed by atoms with Crippen molar-refractivity contribution in [2.45, 2.75) is 33.7 Å². The van der Waals surface area contributed by atoms with E-state index in [1.54, 1.807) is 11.8 Å². The van der Waals surface area contributed by atoms with Crippen molar-refractivity contribution in [3.05, 3.63) is 11.1 Å². The standard InChI is InChI=1S/C13H23N3O2S/c1-4-6-15(7-8-17)9-12-10-19-13(14-12)16(5-2)11(3)18/h10,17H,4-9H2,1-3H3. The van der Waals surface area contributed by atoms with Gasteiger partial charge in [0.1, 0.15) is 0 Å². The first-order valence-electron chi connectivity index (χ1n) is 6.68. The summed E-state index contributed by atoms with van der Waals surface area (Å²) in [6.07, 6.45) is 1.05. The Labute approximate surface area is 118 Å². The van der Waals surface area contributed by atoms with Crippen molar-refractivity contribution in [3.63, 3.8) is 0 Å². The highest BCUT2D eigenvalue weighted by Gasteiger charge is 2.14. The molecule has 0 aliphatic heterocycles. The molecule has 0 fully saturated rings. The van der Waals surface area contributed by atoms with Gasteiger partial charge in [0.15, 0.2) is 5.13 Å². The molecule has 5 nitrogen and oxygen atoms in total. The van der Waals surface area contributed by atoms with Gasteiger partial charge in [0.25, 0.3) is 0 Å². The fourth-order valence-electron chi connectivity index (χ4n) is 1.94. The third-order valence-corrected chi connectivity index (χ3v) is 3.72. The maximum absolute atomic E-state index is 11.5. The van der Waals surface area contributed by atoms with Crippen molar-refractivity contribution in [1.29, 1.82) is 0 Å². The SMILES string of the molecule is CCCN(CCO)Cc1csc(N(CC)C(C)=O)n1. The maximum atomic E-state index is 11.5. The minimum Gasteiger partial charge on any atom is -0.395 e. The molecule has 0 aliphatic carbocycles. The monoisotopic (exact) mass is 285 g/mol. The van der Waals surface area contributed by atoms with Crippen molar-refractivity contribution < 1.29 is 9.90 Å². The Morgan fingerprint density at radius 2 is 2.16 bits per heavy atom. The number of aliphatic hydroxyl groups is 1. The lowest BCUT2D eigenvalue weighted by Gasteiger charge is -2.19. The van der Waals surface area contributed by atoms with Gasteiger partial charge < -0.3 is 5.11 Å². The van der Waals surface area contributed by atoms with E-state index >= 15 is 0 Å². The number of aliphatic hydroxyl groups excluding tert-OH is 1. The zero-order chi connectivity index (χ0) is 14.3. The van der Waals surface area contributed by atoms with Gasteiger partial charge in [0.05, 0.1) is 12.3 Å². The third kappa shape index (κ3) is 4.89. The normalized spacial score (nSPS) is 11.0. The van der Waals surface area contributed by atoms with E-state index in [9.17, 15) is 4.79 Å². The molecule has 0 spiro atoms. The van der Waals surface area contributed by atoms with E-state index in [0.29, 0.717) is 13.1 Å². The summed E-state index contributed by atoms with van der Waals surface area (Å²) in [4.78, 5) is 19.8. The van der Waals surface area contributed by atoms with Gasteiger partial charge in [0, 0.05) is 31.9 Å². The summed E-state index contributed by atoms with van der Waals surface area (Å²) >= 11 is 1.49. The third-order valence-electron chi connectivity index (χ3n) is 2.81. The Morgan fingerprint density at radius 3 is 2.68 bits per heavy atom. The summed E-state index contributed by atoms with van der Waals surface area (Å²) in [6.45, 7) is 8.73. The molecule has 108 valence electrons. The van der Waals surface area contributed by atoms with Gasteiger partial charge in [-0.1, -0.05) is 6.92 Å². The quantitative estimate of drug-likeness (QED) is 0.790. The minimum atomic E-state index is 0.0178. The summed E-state index contributed by atoms with van der Waals surface area (Å²) in [7, 11) is 0. The van der Waals surface area contributed by atoms with E-state index in [4.69, 9.17) is 5.11 Å². The fraction of sp³-hybridized carbons (Fsp3) is 0.692. The molecule has 1 aromatic heterocycles. The molecule has 0 atom stereocenters. The Morgan fingerprint density at radius 1 is 1.42 bits per heavy atom. The van der Waals surface area contributed by atoms with Gasteiger partial charge in [-0.15, -0.1) is 11.3 Å². The summed E-state index contributed by atoms with van der Waals surface area (Å²) in [5.41, 5.74) is 0.960. The highest BCUT2D eigenvalue weighted by Crippen LogP contribution is 2.21. The molecule has 0 saturated heterocycles. The molecule has 1 amide bonds. The predicted molar refractivity (Wildman–Crippen MR) is 78.5 cm³/mol. The number of anilines is 1. The topological polar surface area (TPSA) is 56.7 Å². The molecule has 1 rings (SSSR count). The maximum Gasteiger partial charge on any atom is 0.225 e. The van der Waals surface area contributed by atoms with Crippen LogP contribution in [0.3, 0.4) is 0 Å². The minimum absolute atomic E-state index is 0.0178. The van der Waals surface area contributed by atoms with Crippen LogP contribution in [0.5, 0.6) is 0 Å². The molecule has 0 saturated carbocycles. The number of nitrogens with zero attached hydrogens (tertiary/aromatic N) is 3. The lowest BCUT2D eigenvalue weighted by Crippen LogP contribution is -2.29. The zero-order valence-electron chi connectivity index (χ0n) is 11.9. The molecule has 0 bridgehead atoms. The van der Waals surface area contributed by atoms with Crippen LogP contribution in [0.15, 0.2) is 5.38 Å². The first-order chi connectivity index (χ1) is 9.12. The van der Waals surface area contributed by atoms with Crippen LogP contribution in [0.25, 0.3) is 0 Å². The summed E-state index contributed by atoms with van der Waals surface area (Å²) in [5.74, 6) is 0.0178. The molecular weight excluding hydrogens is 262 g/mol. The van der Waals surface area contributed by atoms with Crippen LogP contribution in [-0.4, -0.2) is 47.1 Å². The van der Waals surface area contributed by atoms with Crippen LogP contribution in [0.1, 0.15) is 32.9 Å². The van der Waals surface area contributed by atoms with Crippen molar-refractivity contribution in [1.82, 2.24) is 9.88 Å². The Kier molecular flexibility index (Phi) is 6.97. The second-order valence-corrected chi connectivity index (χ2v) is 5.22. The van der Waals surface area contributed by atoms with Gasteiger partial charge in [-0.05, 0) is 19.9 Å². The molecule has 1 aromatic rings. The fourth-order valence-corrected chi connectivity index (χ4v) is 2.87. The van der Waals surface area contributed by atoms with Crippen molar-refractivity contribution >= 4 is 22.4 Å². The number of carbonyl (C=O) groups excluding carboxylic acids is 1. The van der Waals surface area contributed by atoms with Crippen LogP contribution >= 0.6 is 11.3 Å². The highest BCUT2D eigenvalue weighted by atomic mass is 32.1. The first-order valence-corrected chi connectivity index (χ1v) is 7.56. The molecule has 6 heteroatoms. The van der Waals surface area contributed by atoms with Crippen LogP contribution in [-0.2, 0) is 11.3 Å². The predicted octanol–water partition coefficient (Wildman–Crippen LogP) is 1.72. The van der Waals surface area contributed by atoms with Gasteiger partial charge in [0.2, 0.25) is 5.91 Å². The second kappa shape index (κ2) is 8.24. The molecule has 0 aromatic carbocycles. The largest absolute Gasteiger partial charge is 0.395 e. The van der Waals surface area contributed by atoms with Gasteiger partial charge >= 0.3 is 0 Å². The second-order valence-electron chi connectivity index (χ2n) is 4.38. The number of hydrogen-bond acceptors (Lipinski definition) is 5. The van der Waals surface area contributed by atoms with Crippen molar-refractivity contribution in [2.75, 3.05) is 31.1 Å². The number of carbonyl (C=O) groups is 1. The molecule has 1 heterocycles. The van der Waals surface area contributed by atoms with Gasteiger partial charge in [-0.2, -0.15) is 0 Å². The van der Waals surface area contributed by atoms with E-state index in [2.05, 4.69) is 16.8 Å². The Hall–Kier alpha value is -0.980. The van der Waals surface area contributed by atoms with Crippen LogP contribution < -0.4 is 4.90 Å². The Bertz CT molecular complexity index is 389. The summed E-state index contributed by atoms with van der Waals surface area (Å²) in [5, 5.41) is 11.8. The highest BCUT2D eigenvalue weighted by molar-refractivity contribution is 7.14. The van der Waals surface area contributed by atoms with E-state index in [1.165, 1.54) is 11.3 Å². The zero-order valence-corrected chi connectivity index (χ0v) is 12.7. The van der Waals surface area contributed by atoms with Gasteiger partial charge in [-0.3, -0.25) is 14.6 Å². The van der Waals surface area contributed by atoms with E-state index in [-0.39, 0.29) is 12.5 Å². The van der Waals surface area contributed by atoms with E-state index in [0.717, 1.165) is 30.3 Å². The Balaban J connectivity index is 2.69.